The van der Waals surface area contributed by atoms with Crippen LogP contribution in [0.25, 0.3) is 11.2 Å². The number of fused-ring (bicyclic) bond motifs is 1. The molecule has 2 unspecified atom stereocenters. The number of nitrogens with one attached hydrogen (secondary N) is 1. The summed E-state index contributed by atoms with van der Waals surface area (Å²) in [6.07, 6.45) is 9.16. The highest BCUT2D eigenvalue weighted by atomic mass is 79.9. The maximum Gasteiger partial charge on any atom is 0.156 e. The minimum Gasteiger partial charge on any atom is -0.345 e. The fourth-order valence-electron chi connectivity index (χ4n) is 2.95. The van der Waals surface area contributed by atoms with Crippen molar-refractivity contribution in [2.24, 2.45) is 5.92 Å². The maximum absolute atomic E-state index is 4.57. The Balaban J connectivity index is 2.07. The summed E-state index contributed by atoms with van der Waals surface area (Å²) in [5.74, 6) is 1.39. The van der Waals surface area contributed by atoms with Gasteiger partial charge in [-0.3, -0.25) is 0 Å². The standard InChI is InChI=1S/C13H16BrN3/c1-8-4-2-3-5-9(8)10-6-15-13-12(10)17-11(14)7-16-13/h6-9H,2-5H2,1H3,(H,15,16). The highest BCUT2D eigenvalue weighted by Gasteiger charge is 2.25. The van der Waals surface area contributed by atoms with E-state index in [1.54, 1.807) is 6.20 Å². The van der Waals surface area contributed by atoms with Crippen LogP contribution >= 0.6 is 15.9 Å². The first-order valence-electron chi connectivity index (χ1n) is 6.25. The summed E-state index contributed by atoms with van der Waals surface area (Å²) in [5.41, 5.74) is 3.29. The van der Waals surface area contributed by atoms with Crippen molar-refractivity contribution in [2.75, 3.05) is 0 Å². The Kier molecular flexibility index (Phi) is 2.90. The van der Waals surface area contributed by atoms with Gasteiger partial charge in [0.25, 0.3) is 0 Å². The summed E-state index contributed by atoms with van der Waals surface area (Å²) < 4.78 is 0.814. The van der Waals surface area contributed by atoms with Crippen LogP contribution in [0, 0.1) is 5.92 Å². The first kappa shape index (κ1) is 11.2. The second-order valence-electron chi connectivity index (χ2n) is 5.00. The number of aromatic nitrogens is 3. The molecule has 3 nitrogen and oxygen atoms in total. The Bertz CT molecular complexity index is 534. The van der Waals surface area contributed by atoms with Crippen molar-refractivity contribution in [3.05, 3.63) is 22.6 Å². The van der Waals surface area contributed by atoms with Gasteiger partial charge in [-0.25, -0.2) is 9.97 Å². The Labute approximate surface area is 109 Å². The third kappa shape index (κ3) is 1.99. The van der Waals surface area contributed by atoms with Crippen molar-refractivity contribution in [1.82, 2.24) is 15.0 Å². The number of rotatable bonds is 1. The van der Waals surface area contributed by atoms with E-state index in [-0.39, 0.29) is 0 Å². The van der Waals surface area contributed by atoms with Gasteiger partial charge in [0.2, 0.25) is 0 Å². The maximum atomic E-state index is 4.57. The molecular weight excluding hydrogens is 278 g/mol. The zero-order chi connectivity index (χ0) is 11.8. The topological polar surface area (TPSA) is 41.6 Å². The van der Waals surface area contributed by atoms with Gasteiger partial charge in [0, 0.05) is 11.8 Å². The van der Waals surface area contributed by atoms with Crippen molar-refractivity contribution < 1.29 is 0 Å². The number of H-pyrrole nitrogens is 1. The van der Waals surface area contributed by atoms with Gasteiger partial charge >= 0.3 is 0 Å². The Hall–Kier alpha value is -0.900. The van der Waals surface area contributed by atoms with Gasteiger partial charge < -0.3 is 4.98 Å². The molecule has 4 heteroatoms. The highest BCUT2D eigenvalue weighted by Crippen LogP contribution is 2.39. The molecule has 1 aliphatic carbocycles. The molecule has 0 radical (unpaired) electrons. The molecule has 1 N–H and O–H groups in total. The molecule has 0 saturated heterocycles. The lowest BCUT2D eigenvalue weighted by Gasteiger charge is -2.28. The zero-order valence-electron chi connectivity index (χ0n) is 9.91. The van der Waals surface area contributed by atoms with Crippen molar-refractivity contribution in [3.63, 3.8) is 0 Å². The average Bonchev–Trinajstić information content (AvgIpc) is 2.72. The summed E-state index contributed by atoms with van der Waals surface area (Å²) in [6, 6.07) is 0. The summed E-state index contributed by atoms with van der Waals surface area (Å²) in [7, 11) is 0. The van der Waals surface area contributed by atoms with Gasteiger partial charge in [-0.2, -0.15) is 0 Å². The minimum absolute atomic E-state index is 0.640. The largest absolute Gasteiger partial charge is 0.345 e. The first-order valence-corrected chi connectivity index (χ1v) is 7.04. The van der Waals surface area contributed by atoms with Crippen LogP contribution in [0.15, 0.2) is 17.0 Å². The van der Waals surface area contributed by atoms with E-state index >= 15 is 0 Å². The predicted octanol–water partition coefficient (Wildman–Crippen LogP) is 4.01. The second kappa shape index (κ2) is 4.41. The summed E-state index contributed by atoms with van der Waals surface area (Å²) in [5, 5.41) is 0. The van der Waals surface area contributed by atoms with Crippen molar-refractivity contribution >= 4 is 27.1 Å². The second-order valence-corrected chi connectivity index (χ2v) is 5.81. The molecule has 1 fully saturated rings. The molecule has 0 spiro atoms. The third-order valence-electron chi connectivity index (χ3n) is 3.89. The van der Waals surface area contributed by atoms with E-state index in [0.29, 0.717) is 5.92 Å². The summed E-state index contributed by atoms with van der Waals surface area (Å²) in [4.78, 5) is 12.2. The zero-order valence-corrected chi connectivity index (χ0v) is 11.5. The van der Waals surface area contributed by atoms with Crippen LogP contribution in [-0.4, -0.2) is 15.0 Å². The molecule has 1 aliphatic rings. The van der Waals surface area contributed by atoms with E-state index in [9.17, 15) is 0 Å². The fourth-order valence-corrected chi connectivity index (χ4v) is 3.23. The molecule has 0 aromatic carbocycles. The van der Waals surface area contributed by atoms with E-state index in [4.69, 9.17) is 0 Å². The van der Waals surface area contributed by atoms with E-state index in [1.807, 2.05) is 0 Å². The van der Waals surface area contributed by atoms with Gasteiger partial charge in [0.1, 0.15) is 10.1 Å². The smallest absolute Gasteiger partial charge is 0.156 e. The van der Waals surface area contributed by atoms with Crippen LogP contribution in [0.3, 0.4) is 0 Å². The average molecular weight is 294 g/mol. The predicted molar refractivity (Wildman–Crippen MR) is 72.0 cm³/mol. The molecular formula is C13H16BrN3. The van der Waals surface area contributed by atoms with Crippen LogP contribution in [-0.2, 0) is 0 Å². The molecule has 17 heavy (non-hydrogen) atoms. The van der Waals surface area contributed by atoms with Crippen LogP contribution in [0.2, 0.25) is 0 Å². The molecule has 90 valence electrons. The molecule has 0 aliphatic heterocycles. The fraction of sp³-hybridized carbons (Fsp3) is 0.538. The number of hydrogen-bond acceptors (Lipinski definition) is 2. The van der Waals surface area contributed by atoms with Crippen molar-refractivity contribution in [2.45, 2.75) is 38.5 Å². The van der Waals surface area contributed by atoms with Gasteiger partial charge in [-0.1, -0.05) is 26.2 Å². The van der Waals surface area contributed by atoms with E-state index in [0.717, 1.165) is 21.7 Å². The van der Waals surface area contributed by atoms with Crippen molar-refractivity contribution in [1.29, 1.82) is 0 Å². The Morgan fingerprint density at radius 1 is 1.35 bits per heavy atom. The molecule has 2 heterocycles. The molecule has 3 rings (SSSR count). The third-order valence-corrected chi connectivity index (χ3v) is 4.27. The molecule has 0 amide bonds. The number of nitrogens with zero attached hydrogens (tertiary/aromatic N) is 2. The first-order chi connectivity index (χ1) is 8.25. The monoisotopic (exact) mass is 293 g/mol. The van der Waals surface area contributed by atoms with Crippen LogP contribution in [0.1, 0.15) is 44.1 Å². The SMILES string of the molecule is CC1CCCCC1c1c[nH]c2ncc(Br)nc12. The highest BCUT2D eigenvalue weighted by molar-refractivity contribution is 9.10. The van der Waals surface area contributed by atoms with E-state index in [1.165, 1.54) is 31.2 Å². The van der Waals surface area contributed by atoms with Crippen molar-refractivity contribution in [3.8, 4) is 0 Å². The Morgan fingerprint density at radius 3 is 3.00 bits per heavy atom. The van der Waals surface area contributed by atoms with E-state index in [2.05, 4.69) is 44.0 Å². The minimum atomic E-state index is 0.640. The lowest BCUT2D eigenvalue weighted by molar-refractivity contribution is 0.332. The van der Waals surface area contributed by atoms with Crippen LogP contribution < -0.4 is 0 Å². The van der Waals surface area contributed by atoms with Gasteiger partial charge in [0.15, 0.2) is 5.65 Å². The molecule has 2 aromatic rings. The summed E-state index contributed by atoms with van der Waals surface area (Å²) in [6.45, 7) is 2.36. The lowest BCUT2D eigenvalue weighted by Crippen LogP contribution is -2.14. The molecule has 2 aromatic heterocycles. The lowest BCUT2D eigenvalue weighted by atomic mass is 9.77. The van der Waals surface area contributed by atoms with Gasteiger partial charge in [-0.15, -0.1) is 0 Å². The number of aromatic amines is 1. The Morgan fingerprint density at radius 2 is 2.18 bits per heavy atom. The molecule has 0 bridgehead atoms. The number of hydrogen-bond donors (Lipinski definition) is 1. The van der Waals surface area contributed by atoms with Gasteiger partial charge in [0.05, 0.1) is 6.20 Å². The molecule has 1 saturated carbocycles. The van der Waals surface area contributed by atoms with Crippen LogP contribution in [0.5, 0.6) is 0 Å². The van der Waals surface area contributed by atoms with Crippen LogP contribution in [0.4, 0.5) is 0 Å². The van der Waals surface area contributed by atoms with E-state index < -0.39 is 0 Å². The molecule has 2 atom stereocenters. The normalized spacial score (nSPS) is 25.3. The quantitative estimate of drug-likeness (QED) is 0.863. The van der Waals surface area contributed by atoms with Gasteiger partial charge in [-0.05, 0) is 34.2 Å². The summed E-state index contributed by atoms with van der Waals surface area (Å²) >= 11 is 3.40. The number of halogens is 1.